The molecule has 27 heavy (non-hydrogen) atoms. The number of halogens is 2. The minimum absolute atomic E-state index is 0.0268. The Kier molecular flexibility index (Phi) is 5.66. The molecule has 1 N–H and O–H groups in total. The lowest BCUT2D eigenvalue weighted by Gasteiger charge is -2.08. The fourth-order valence-corrected chi connectivity index (χ4v) is 3.17. The van der Waals surface area contributed by atoms with E-state index in [4.69, 9.17) is 4.74 Å². The van der Waals surface area contributed by atoms with Gasteiger partial charge in [-0.05, 0) is 36.8 Å². The molecule has 0 aliphatic carbocycles. The summed E-state index contributed by atoms with van der Waals surface area (Å²) < 4.78 is 34.9. The molecule has 0 saturated heterocycles. The fraction of sp³-hybridized carbons (Fsp3) is 0.158. The van der Waals surface area contributed by atoms with Gasteiger partial charge in [0, 0.05) is 16.5 Å². The zero-order chi connectivity index (χ0) is 19.4. The van der Waals surface area contributed by atoms with Gasteiger partial charge in [-0.1, -0.05) is 18.2 Å². The third-order valence-electron chi connectivity index (χ3n) is 3.77. The first-order chi connectivity index (χ1) is 13.0. The van der Waals surface area contributed by atoms with Crippen LogP contribution in [0, 0.1) is 6.92 Å². The number of para-hydroxylation sites is 1. The second-order valence-electron chi connectivity index (χ2n) is 5.55. The molecule has 0 bridgehead atoms. The van der Waals surface area contributed by atoms with Gasteiger partial charge in [-0.3, -0.25) is 10.1 Å². The second kappa shape index (κ2) is 8.13. The van der Waals surface area contributed by atoms with Crippen LogP contribution in [0.15, 0.2) is 47.8 Å². The van der Waals surface area contributed by atoms with Crippen molar-refractivity contribution in [2.24, 2.45) is 0 Å². The van der Waals surface area contributed by atoms with Gasteiger partial charge in [0.1, 0.15) is 11.5 Å². The highest BCUT2D eigenvalue weighted by Crippen LogP contribution is 2.33. The summed E-state index contributed by atoms with van der Waals surface area (Å²) in [6.07, 6.45) is 0. The van der Waals surface area contributed by atoms with Crippen LogP contribution in [0.2, 0.25) is 0 Å². The highest BCUT2D eigenvalue weighted by atomic mass is 32.1. The number of amides is 1. The molecule has 0 atom stereocenters. The van der Waals surface area contributed by atoms with Crippen LogP contribution in [0.25, 0.3) is 11.3 Å². The molecule has 1 aromatic heterocycles. The molecule has 3 aromatic rings. The van der Waals surface area contributed by atoms with Crippen molar-refractivity contribution in [1.29, 1.82) is 0 Å². The summed E-state index contributed by atoms with van der Waals surface area (Å²) in [4.78, 5) is 16.7. The molecule has 0 saturated carbocycles. The highest BCUT2D eigenvalue weighted by molar-refractivity contribution is 7.14. The Balaban J connectivity index is 1.80. The van der Waals surface area contributed by atoms with Crippen LogP contribution < -0.4 is 14.8 Å². The van der Waals surface area contributed by atoms with Crippen LogP contribution in [-0.2, 0) is 0 Å². The molecule has 1 amide bonds. The van der Waals surface area contributed by atoms with Crippen LogP contribution >= 0.6 is 11.3 Å². The standard InChI is InChI=1S/C19H16F2N2O3S/c1-11-7-8-12(9-16(11)25-2)17(24)23-19-22-14(10-27-19)13-5-3-4-6-15(13)26-18(20)21/h3-10,18H,1-2H3,(H,22,23,24). The molecule has 2 aromatic carbocycles. The summed E-state index contributed by atoms with van der Waals surface area (Å²) >= 11 is 1.19. The minimum Gasteiger partial charge on any atom is -0.496 e. The summed E-state index contributed by atoms with van der Waals surface area (Å²) in [6, 6.07) is 11.5. The lowest BCUT2D eigenvalue weighted by Crippen LogP contribution is -2.12. The smallest absolute Gasteiger partial charge is 0.387 e. The van der Waals surface area contributed by atoms with E-state index in [0.29, 0.717) is 27.7 Å². The molecule has 0 aliphatic rings. The Morgan fingerprint density at radius 1 is 1.19 bits per heavy atom. The number of hydrogen-bond acceptors (Lipinski definition) is 5. The van der Waals surface area contributed by atoms with Crippen LogP contribution in [0.4, 0.5) is 13.9 Å². The number of anilines is 1. The van der Waals surface area contributed by atoms with Gasteiger partial charge in [-0.2, -0.15) is 8.78 Å². The van der Waals surface area contributed by atoms with Crippen molar-refractivity contribution in [3.05, 3.63) is 59.0 Å². The average Bonchev–Trinajstić information content (AvgIpc) is 3.10. The number of hydrogen-bond donors (Lipinski definition) is 1. The van der Waals surface area contributed by atoms with E-state index in [1.165, 1.54) is 24.5 Å². The molecule has 5 nitrogen and oxygen atoms in total. The topological polar surface area (TPSA) is 60.5 Å². The number of thiazole rings is 1. The summed E-state index contributed by atoms with van der Waals surface area (Å²) in [6.45, 7) is -1.05. The number of benzene rings is 2. The monoisotopic (exact) mass is 390 g/mol. The molecule has 0 radical (unpaired) electrons. The number of carbonyl (C=O) groups excluding carboxylic acids is 1. The maximum absolute atomic E-state index is 12.6. The zero-order valence-corrected chi connectivity index (χ0v) is 15.3. The third kappa shape index (κ3) is 4.40. The van der Waals surface area contributed by atoms with Gasteiger partial charge in [0.25, 0.3) is 5.91 Å². The first kappa shape index (κ1) is 18.8. The summed E-state index contributed by atoms with van der Waals surface area (Å²) in [5.74, 6) is 0.297. The third-order valence-corrected chi connectivity index (χ3v) is 4.53. The van der Waals surface area contributed by atoms with E-state index < -0.39 is 6.61 Å². The number of aromatic nitrogens is 1. The Labute approximate surface area is 158 Å². The van der Waals surface area contributed by atoms with E-state index in [9.17, 15) is 13.6 Å². The van der Waals surface area contributed by atoms with Gasteiger partial charge in [0.2, 0.25) is 0 Å². The molecule has 0 unspecified atom stereocenters. The van der Waals surface area contributed by atoms with Crippen molar-refractivity contribution in [2.45, 2.75) is 13.5 Å². The van der Waals surface area contributed by atoms with E-state index in [-0.39, 0.29) is 11.7 Å². The first-order valence-electron chi connectivity index (χ1n) is 7.93. The second-order valence-corrected chi connectivity index (χ2v) is 6.41. The van der Waals surface area contributed by atoms with Crippen LogP contribution in [-0.4, -0.2) is 24.6 Å². The largest absolute Gasteiger partial charge is 0.496 e. The van der Waals surface area contributed by atoms with Crippen molar-refractivity contribution in [3.63, 3.8) is 0 Å². The molecular weight excluding hydrogens is 374 g/mol. The van der Waals surface area contributed by atoms with E-state index in [1.807, 2.05) is 6.92 Å². The van der Waals surface area contributed by atoms with Crippen molar-refractivity contribution >= 4 is 22.4 Å². The molecule has 140 valence electrons. The summed E-state index contributed by atoms with van der Waals surface area (Å²) in [7, 11) is 1.54. The average molecular weight is 390 g/mol. The van der Waals surface area contributed by atoms with Crippen molar-refractivity contribution in [3.8, 4) is 22.8 Å². The van der Waals surface area contributed by atoms with E-state index in [1.54, 1.807) is 41.8 Å². The Hall–Kier alpha value is -3.00. The van der Waals surface area contributed by atoms with Gasteiger partial charge < -0.3 is 9.47 Å². The Morgan fingerprint density at radius 3 is 2.70 bits per heavy atom. The first-order valence-corrected chi connectivity index (χ1v) is 8.81. The van der Waals surface area contributed by atoms with Gasteiger partial charge in [0.05, 0.1) is 12.8 Å². The highest BCUT2D eigenvalue weighted by Gasteiger charge is 2.15. The van der Waals surface area contributed by atoms with Gasteiger partial charge in [-0.25, -0.2) is 4.98 Å². The van der Waals surface area contributed by atoms with Gasteiger partial charge in [0.15, 0.2) is 5.13 Å². The fourth-order valence-electron chi connectivity index (χ4n) is 2.46. The van der Waals surface area contributed by atoms with Crippen molar-refractivity contribution in [2.75, 3.05) is 12.4 Å². The molecule has 3 rings (SSSR count). The van der Waals surface area contributed by atoms with Crippen LogP contribution in [0.5, 0.6) is 11.5 Å². The SMILES string of the molecule is COc1cc(C(=O)Nc2nc(-c3ccccc3OC(F)F)cs2)ccc1C. The predicted molar refractivity (Wildman–Crippen MR) is 99.9 cm³/mol. The van der Waals surface area contributed by atoms with Gasteiger partial charge in [-0.15, -0.1) is 11.3 Å². The molecule has 8 heteroatoms. The number of nitrogens with one attached hydrogen (secondary N) is 1. The van der Waals surface area contributed by atoms with E-state index >= 15 is 0 Å². The lowest BCUT2D eigenvalue weighted by molar-refractivity contribution is -0.0494. The predicted octanol–water partition coefficient (Wildman–Crippen LogP) is 4.98. The molecule has 0 aliphatic heterocycles. The maximum Gasteiger partial charge on any atom is 0.387 e. The molecule has 0 fully saturated rings. The quantitative estimate of drug-likeness (QED) is 0.645. The lowest BCUT2D eigenvalue weighted by atomic mass is 10.1. The van der Waals surface area contributed by atoms with Gasteiger partial charge >= 0.3 is 6.61 Å². The summed E-state index contributed by atoms with van der Waals surface area (Å²) in [5.41, 5.74) is 2.21. The van der Waals surface area contributed by atoms with Crippen LogP contribution in [0.1, 0.15) is 15.9 Å². The summed E-state index contributed by atoms with van der Waals surface area (Å²) in [5, 5.41) is 4.72. The number of carbonyl (C=O) groups is 1. The zero-order valence-electron chi connectivity index (χ0n) is 14.5. The Morgan fingerprint density at radius 2 is 1.96 bits per heavy atom. The Bertz CT molecular complexity index is 960. The molecule has 0 spiro atoms. The molecular formula is C19H16F2N2O3S. The normalized spacial score (nSPS) is 10.7. The van der Waals surface area contributed by atoms with Crippen LogP contribution in [0.3, 0.4) is 0 Å². The number of aryl methyl sites for hydroxylation is 1. The minimum atomic E-state index is -2.93. The van der Waals surface area contributed by atoms with E-state index in [2.05, 4.69) is 15.0 Å². The van der Waals surface area contributed by atoms with E-state index in [0.717, 1.165) is 5.56 Å². The molecule has 1 heterocycles. The van der Waals surface area contributed by atoms with Crippen molar-refractivity contribution in [1.82, 2.24) is 4.98 Å². The number of methoxy groups -OCH3 is 1. The number of alkyl halides is 2. The number of rotatable bonds is 6. The maximum atomic E-state index is 12.6. The number of nitrogens with zero attached hydrogens (tertiary/aromatic N) is 1. The van der Waals surface area contributed by atoms with Crippen molar-refractivity contribution < 1.29 is 23.0 Å². The number of ether oxygens (including phenoxy) is 2.